The molecule has 1 fully saturated rings. The Bertz CT molecular complexity index is 681. The summed E-state index contributed by atoms with van der Waals surface area (Å²) in [5.74, 6) is -0.290. The van der Waals surface area contributed by atoms with Crippen molar-refractivity contribution >= 4 is 23.6 Å². The summed E-state index contributed by atoms with van der Waals surface area (Å²) in [5, 5.41) is 0. The minimum atomic E-state index is -0.347. The average Bonchev–Trinajstić information content (AvgIpc) is 2.62. The van der Waals surface area contributed by atoms with Gasteiger partial charge in [-0.05, 0) is 38.0 Å². The van der Waals surface area contributed by atoms with Crippen molar-refractivity contribution in [2.24, 2.45) is 0 Å². The van der Waals surface area contributed by atoms with Gasteiger partial charge in [0.2, 0.25) is 11.8 Å². The van der Waals surface area contributed by atoms with Crippen molar-refractivity contribution in [3.63, 3.8) is 0 Å². The predicted molar refractivity (Wildman–Crippen MR) is 99.1 cm³/mol. The normalized spacial score (nSPS) is 14.2. The van der Waals surface area contributed by atoms with E-state index in [9.17, 15) is 14.4 Å². The molecule has 1 aromatic carbocycles. The molecule has 7 nitrogen and oxygen atoms in total. The molecule has 1 saturated heterocycles. The molecule has 7 heteroatoms. The van der Waals surface area contributed by atoms with E-state index in [1.807, 2.05) is 32.0 Å². The van der Waals surface area contributed by atoms with Crippen molar-refractivity contribution < 1.29 is 19.1 Å². The molecule has 26 heavy (non-hydrogen) atoms. The van der Waals surface area contributed by atoms with Crippen LogP contribution in [-0.2, 0) is 14.3 Å². The zero-order valence-corrected chi connectivity index (χ0v) is 15.9. The third kappa shape index (κ3) is 4.74. The van der Waals surface area contributed by atoms with E-state index in [0.717, 1.165) is 16.8 Å². The van der Waals surface area contributed by atoms with Gasteiger partial charge in [-0.25, -0.2) is 4.79 Å². The van der Waals surface area contributed by atoms with Crippen molar-refractivity contribution in [1.29, 1.82) is 0 Å². The Labute approximate surface area is 154 Å². The van der Waals surface area contributed by atoms with Crippen molar-refractivity contribution in [2.45, 2.75) is 27.7 Å². The first-order valence-corrected chi connectivity index (χ1v) is 8.88. The van der Waals surface area contributed by atoms with E-state index in [1.165, 1.54) is 11.8 Å². The van der Waals surface area contributed by atoms with Gasteiger partial charge in [0.05, 0.1) is 6.61 Å². The van der Waals surface area contributed by atoms with Crippen LogP contribution in [-0.4, -0.2) is 67.0 Å². The number of nitrogens with zero attached hydrogens (tertiary/aromatic N) is 3. The molecule has 0 aromatic heterocycles. The van der Waals surface area contributed by atoms with Crippen LogP contribution in [0.4, 0.5) is 10.5 Å². The van der Waals surface area contributed by atoms with E-state index in [1.54, 1.807) is 16.7 Å². The van der Waals surface area contributed by atoms with Crippen LogP contribution >= 0.6 is 0 Å². The van der Waals surface area contributed by atoms with Gasteiger partial charge in [0.15, 0.2) is 0 Å². The van der Waals surface area contributed by atoms with Gasteiger partial charge in [-0.2, -0.15) is 0 Å². The van der Waals surface area contributed by atoms with Crippen LogP contribution in [0.15, 0.2) is 18.2 Å². The lowest BCUT2D eigenvalue weighted by molar-refractivity contribution is -0.132. The van der Waals surface area contributed by atoms with Gasteiger partial charge >= 0.3 is 6.09 Å². The number of carbonyl (C=O) groups excluding carboxylic acids is 3. The summed E-state index contributed by atoms with van der Waals surface area (Å²) in [6.07, 6.45) is -0.347. The number of piperazine rings is 1. The van der Waals surface area contributed by atoms with E-state index in [2.05, 4.69) is 0 Å². The van der Waals surface area contributed by atoms with Crippen LogP contribution in [0.2, 0.25) is 0 Å². The van der Waals surface area contributed by atoms with Crippen molar-refractivity contribution in [3.05, 3.63) is 29.3 Å². The standard InChI is InChI=1S/C19H27N3O4/c1-5-26-19(25)21-10-8-20(9-11-21)18(24)13-22(16(4)23)17-12-14(2)6-7-15(17)3/h6-7,12H,5,8-11,13H2,1-4H3. The third-order valence-corrected chi connectivity index (χ3v) is 4.49. The number of benzene rings is 1. The molecule has 142 valence electrons. The van der Waals surface area contributed by atoms with E-state index >= 15 is 0 Å². The number of ether oxygens (including phenoxy) is 1. The van der Waals surface area contributed by atoms with E-state index in [-0.39, 0.29) is 24.5 Å². The second kappa shape index (κ2) is 8.69. The zero-order valence-electron chi connectivity index (χ0n) is 15.9. The molecular weight excluding hydrogens is 334 g/mol. The molecule has 3 amide bonds. The topological polar surface area (TPSA) is 70.2 Å². The van der Waals surface area contributed by atoms with Crippen molar-refractivity contribution in [2.75, 3.05) is 44.2 Å². The highest BCUT2D eigenvalue weighted by molar-refractivity contribution is 5.98. The number of hydrogen-bond acceptors (Lipinski definition) is 4. The van der Waals surface area contributed by atoms with Crippen LogP contribution in [0.3, 0.4) is 0 Å². The molecule has 0 spiro atoms. The molecule has 0 saturated carbocycles. The molecule has 1 aliphatic rings. The molecule has 1 aliphatic heterocycles. The molecule has 2 rings (SSSR count). The summed E-state index contributed by atoms with van der Waals surface area (Å²) < 4.78 is 4.99. The molecule has 0 N–H and O–H groups in total. The monoisotopic (exact) mass is 361 g/mol. The lowest BCUT2D eigenvalue weighted by atomic mass is 10.1. The minimum absolute atomic E-state index is 0.000959. The second-order valence-corrected chi connectivity index (χ2v) is 6.46. The lowest BCUT2D eigenvalue weighted by Gasteiger charge is -2.35. The number of rotatable bonds is 4. The predicted octanol–water partition coefficient (Wildman–Crippen LogP) is 1.96. The maximum atomic E-state index is 12.7. The number of hydrogen-bond donors (Lipinski definition) is 0. The smallest absolute Gasteiger partial charge is 0.409 e. The summed E-state index contributed by atoms with van der Waals surface area (Å²) in [5.41, 5.74) is 2.74. The fourth-order valence-corrected chi connectivity index (χ4v) is 2.96. The summed E-state index contributed by atoms with van der Waals surface area (Å²) in [4.78, 5) is 41.4. The van der Waals surface area contributed by atoms with Gasteiger partial charge in [-0.15, -0.1) is 0 Å². The first-order chi connectivity index (χ1) is 12.3. The molecule has 0 radical (unpaired) electrons. The van der Waals surface area contributed by atoms with Gasteiger partial charge in [-0.3, -0.25) is 9.59 Å². The van der Waals surface area contributed by atoms with Gasteiger partial charge in [0, 0.05) is 38.8 Å². The Morgan fingerprint density at radius 3 is 2.27 bits per heavy atom. The summed E-state index contributed by atoms with van der Waals surface area (Å²) >= 11 is 0. The number of carbonyl (C=O) groups is 3. The zero-order chi connectivity index (χ0) is 19.3. The Morgan fingerprint density at radius 1 is 1.08 bits per heavy atom. The maximum Gasteiger partial charge on any atom is 0.409 e. The fourth-order valence-electron chi connectivity index (χ4n) is 2.96. The van der Waals surface area contributed by atoms with Gasteiger partial charge in [-0.1, -0.05) is 12.1 Å². The molecule has 0 bridgehead atoms. The Kier molecular flexibility index (Phi) is 6.60. The molecule has 1 aromatic rings. The van der Waals surface area contributed by atoms with Gasteiger partial charge < -0.3 is 19.4 Å². The summed E-state index contributed by atoms with van der Waals surface area (Å²) in [6, 6.07) is 5.85. The van der Waals surface area contributed by atoms with Gasteiger partial charge in [0.1, 0.15) is 6.54 Å². The summed E-state index contributed by atoms with van der Waals surface area (Å²) in [7, 11) is 0. The molecule has 0 atom stereocenters. The van der Waals surface area contributed by atoms with E-state index in [0.29, 0.717) is 32.8 Å². The van der Waals surface area contributed by atoms with Crippen molar-refractivity contribution in [1.82, 2.24) is 9.80 Å². The highest BCUT2D eigenvalue weighted by Crippen LogP contribution is 2.22. The molecule has 0 unspecified atom stereocenters. The molecule has 0 aliphatic carbocycles. The Hall–Kier alpha value is -2.57. The number of anilines is 1. The van der Waals surface area contributed by atoms with Crippen LogP contribution in [0, 0.1) is 13.8 Å². The fraction of sp³-hybridized carbons (Fsp3) is 0.526. The number of aryl methyl sites for hydroxylation is 2. The van der Waals surface area contributed by atoms with Crippen LogP contribution in [0.5, 0.6) is 0 Å². The van der Waals surface area contributed by atoms with Crippen LogP contribution < -0.4 is 4.90 Å². The first kappa shape index (κ1) is 19.8. The Morgan fingerprint density at radius 2 is 1.69 bits per heavy atom. The van der Waals surface area contributed by atoms with Gasteiger partial charge in [0.25, 0.3) is 0 Å². The van der Waals surface area contributed by atoms with E-state index < -0.39 is 0 Å². The lowest BCUT2D eigenvalue weighted by Crippen LogP contribution is -2.53. The third-order valence-electron chi connectivity index (χ3n) is 4.49. The SMILES string of the molecule is CCOC(=O)N1CCN(C(=O)CN(C(C)=O)c2cc(C)ccc2C)CC1. The maximum absolute atomic E-state index is 12.7. The first-order valence-electron chi connectivity index (χ1n) is 8.88. The van der Waals surface area contributed by atoms with Crippen molar-refractivity contribution in [3.8, 4) is 0 Å². The second-order valence-electron chi connectivity index (χ2n) is 6.46. The summed E-state index contributed by atoms with van der Waals surface area (Å²) in [6.45, 7) is 9.20. The highest BCUT2D eigenvalue weighted by Gasteiger charge is 2.27. The minimum Gasteiger partial charge on any atom is -0.450 e. The quantitative estimate of drug-likeness (QED) is 0.822. The highest BCUT2D eigenvalue weighted by atomic mass is 16.6. The van der Waals surface area contributed by atoms with Crippen LogP contribution in [0.1, 0.15) is 25.0 Å². The molecule has 1 heterocycles. The van der Waals surface area contributed by atoms with E-state index in [4.69, 9.17) is 4.74 Å². The molecular formula is C19H27N3O4. The Balaban J connectivity index is 2.02. The van der Waals surface area contributed by atoms with Crippen LogP contribution in [0.25, 0.3) is 0 Å². The largest absolute Gasteiger partial charge is 0.450 e. The number of amides is 3. The average molecular weight is 361 g/mol.